The fourth-order valence-electron chi connectivity index (χ4n) is 3.02. The molecule has 7 nitrogen and oxygen atoms in total. The number of aromatic nitrogens is 2. The molecule has 0 radical (unpaired) electrons. The molecule has 0 bridgehead atoms. The number of amides is 1. The lowest BCUT2D eigenvalue weighted by molar-refractivity contribution is -0.117. The second-order valence-electron chi connectivity index (χ2n) is 6.31. The Hall–Kier alpha value is -2.09. The minimum absolute atomic E-state index is 0.0579. The van der Waals surface area contributed by atoms with Gasteiger partial charge in [-0.1, -0.05) is 11.6 Å². The van der Waals surface area contributed by atoms with Crippen molar-refractivity contribution in [1.82, 2.24) is 19.4 Å². The lowest BCUT2D eigenvalue weighted by Gasteiger charge is -2.34. The van der Waals surface area contributed by atoms with Gasteiger partial charge in [0.15, 0.2) is 0 Å². The van der Waals surface area contributed by atoms with Crippen LogP contribution in [0.3, 0.4) is 0 Å². The summed E-state index contributed by atoms with van der Waals surface area (Å²) in [5, 5.41) is 3.45. The monoisotopic (exact) mass is 377 g/mol. The third-order valence-electron chi connectivity index (χ3n) is 4.50. The molecule has 1 amide bonds. The maximum Gasteiger partial charge on any atom is 0.238 e. The van der Waals surface area contributed by atoms with Gasteiger partial charge < -0.3 is 14.6 Å². The van der Waals surface area contributed by atoms with E-state index in [2.05, 4.69) is 24.7 Å². The van der Waals surface area contributed by atoms with Crippen molar-refractivity contribution in [3.63, 3.8) is 0 Å². The molecule has 0 saturated carbocycles. The number of benzene rings is 1. The lowest BCUT2D eigenvalue weighted by atomic mass is 10.2. The van der Waals surface area contributed by atoms with E-state index in [0.29, 0.717) is 23.0 Å². The van der Waals surface area contributed by atoms with Crippen LogP contribution in [-0.2, 0) is 11.3 Å². The Morgan fingerprint density at radius 2 is 2.00 bits per heavy atom. The van der Waals surface area contributed by atoms with Crippen LogP contribution < -0.4 is 10.1 Å². The number of methoxy groups -OCH3 is 1. The van der Waals surface area contributed by atoms with E-state index in [0.717, 1.165) is 39.3 Å². The first-order chi connectivity index (χ1) is 12.6. The molecular weight excluding hydrogens is 354 g/mol. The Kier molecular flexibility index (Phi) is 6.49. The number of nitrogens with one attached hydrogen (secondary N) is 1. The number of hydrogen-bond donors (Lipinski definition) is 1. The first-order valence-electron chi connectivity index (χ1n) is 8.68. The zero-order valence-corrected chi connectivity index (χ0v) is 15.7. The van der Waals surface area contributed by atoms with E-state index in [1.165, 1.54) is 0 Å². The van der Waals surface area contributed by atoms with E-state index in [-0.39, 0.29) is 5.91 Å². The summed E-state index contributed by atoms with van der Waals surface area (Å²) in [7, 11) is 1.57. The number of nitrogens with zero attached hydrogens (tertiary/aromatic N) is 4. The highest BCUT2D eigenvalue weighted by atomic mass is 35.5. The van der Waals surface area contributed by atoms with Crippen LogP contribution in [0.2, 0.25) is 5.02 Å². The maximum absolute atomic E-state index is 12.3. The maximum atomic E-state index is 12.3. The molecule has 0 aliphatic carbocycles. The third-order valence-corrected chi connectivity index (χ3v) is 4.74. The molecule has 8 heteroatoms. The lowest BCUT2D eigenvalue weighted by Crippen LogP contribution is -2.49. The molecule has 1 N–H and O–H groups in total. The zero-order chi connectivity index (χ0) is 18.4. The summed E-state index contributed by atoms with van der Waals surface area (Å²) in [5.41, 5.74) is 0.601. The fourth-order valence-corrected chi connectivity index (χ4v) is 3.19. The van der Waals surface area contributed by atoms with Gasteiger partial charge in [0.05, 0.1) is 25.7 Å². The van der Waals surface area contributed by atoms with Gasteiger partial charge >= 0.3 is 0 Å². The predicted molar refractivity (Wildman–Crippen MR) is 102 cm³/mol. The van der Waals surface area contributed by atoms with Crippen molar-refractivity contribution < 1.29 is 9.53 Å². The molecule has 0 atom stereocenters. The van der Waals surface area contributed by atoms with Gasteiger partial charge in [0.1, 0.15) is 5.75 Å². The molecule has 0 unspecified atom stereocenters. The van der Waals surface area contributed by atoms with E-state index in [1.54, 1.807) is 31.5 Å². The fraction of sp³-hybridized carbons (Fsp3) is 0.444. The standard InChI is InChI=1S/C18H24ClN5O2/c1-26-17-3-2-15(19)12-16(17)21-18(25)13-23-9-6-22(7-10-23)8-11-24-5-4-20-14-24/h2-5,12,14H,6-11,13H2,1H3,(H,21,25). The van der Waals surface area contributed by atoms with Gasteiger partial charge in [-0.15, -0.1) is 0 Å². The number of ether oxygens (including phenoxy) is 1. The number of halogens is 1. The van der Waals surface area contributed by atoms with Crippen molar-refractivity contribution in [2.24, 2.45) is 0 Å². The molecular formula is C18H24ClN5O2. The summed E-state index contributed by atoms with van der Waals surface area (Å²) in [6.07, 6.45) is 5.61. The largest absolute Gasteiger partial charge is 0.495 e. The molecule has 2 heterocycles. The van der Waals surface area contributed by atoms with Crippen LogP contribution in [0.1, 0.15) is 0 Å². The molecule has 0 spiro atoms. The molecule has 1 aliphatic heterocycles. The van der Waals surface area contributed by atoms with Crippen molar-refractivity contribution in [3.05, 3.63) is 41.9 Å². The highest BCUT2D eigenvalue weighted by Gasteiger charge is 2.19. The average molecular weight is 378 g/mol. The SMILES string of the molecule is COc1ccc(Cl)cc1NC(=O)CN1CCN(CCn2ccnc2)CC1. The smallest absolute Gasteiger partial charge is 0.238 e. The number of imidazole rings is 1. The highest BCUT2D eigenvalue weighted by Crippen LogP contribution is 2.27. The van der Waals surface area contributed by atoms with Gasteiger partial charge in [-0.05, 0) is 18.2 Å². The molecule has 26 heavy (non-hydrogen) atoms. The molecule has 1 aromatic carbocycles. The van der Waals surface area contributed by atoms with Gasteiger partial charge in [-0.3, -0.25) is 14.6 Å². The van der Waals surface area contributed by atoms with Crippen LogP contribution in [0, 0.1) is 0 Å². The summed E-state index contributed by atoms with van der Waals surface area (Å²) in [6, 6.07) is 5.18. The Labute approximate surface area is 158 Å². The van der Waals surface area contributed by atoms with Crippen LogP contribution in [0.5, 0.6) is 5.75 Å². The van der Waals surface area contributed by atoms with Gasteiger partial charge in [0.2, 0.25) is 5.91 Å². The summed E-state index contributed by atoms with van der Waals surface area (Å²) in [5.74, 6) is 0.546. The molecule has 140 valence electrons. The molecule has 3 rings (SSSR count). The quantitative estimate of drug-likeness (QED) is 0.797. The molecule has 1 saturated heterocycles. The van der Waals surface area contributed by atoms with E-state index in [1.807, 2.05) is 12.5 Å². The second-order valence-corrected chi connectivity index (χ2v) is 6.75. The van der Waals surface area contributed by atoms with Crippen molar-refractivity contribution in [3.8, 4) is 5.75 Å². The minimum Gasteiger partial charge on any atom is -0.495 e. The van der Waals surface area contributed by atoms with E-state index in [4.69, 9.17) is 16.3 Å². The summed E-state index contributed by atoms with van der Waals surface area (Å²) >= 11 is 6.00. The Morgan fingerprint density at radius 1 is 1.23 bits per heavy atom. The summed E-state index contributed by atoms with van der Waals surface area (Å²) in [6.45, 7) is 5.98. The van der Waals surface area contributed by atoms with Crippen molar-refractivity contribution in [1.29, 1.82) is 0 Å². The minimum atomic E-state index is -0.0579. The first-order valence-corrected chi connectivity index (χ1v) is 9.05. The first kappa shape index (κ1) is 18.7. The van der Waals surface area contributed by atoms with Crippen LogP contribution in [0.4, 0.5) is 5.69 Å². The number of piperazine rings is 1. The van der Waals surface area contributed by atoms with Gasteiger partial charge in [-0.25, -0.2) is 4.98 Å². The van der Waals surface area contributed by atoms with Crippen molar-refractivity contribution in [2.45, 2.75) is 6.54 Å². The average Bonchev–Trinajstić information content (AvgIpc) is 3.15. The summed E-state index contributed by atoms with van der Waals surface area (Å²) in [4.78, 5) is 21.0. The molecule has 1 aromatic heterocycles. The number of carbonyl (C=O) groups is 1. The molecule has 2 aromatic rings. The highest BCUT2D eigenvalue weighted by molar-refractivity contribution is 6.31. The third kappa shape index (κ3) is 5.20. The van der Waals surface area contributed by atoms with E-state index < -0.39 is 0 Å². The van der Waals surface area contributed by atoms with Gasteiger partial charge in [-0.2, -0.15) is 0 Å². The zero-order valence-electron chi connectivity index (χ0n) is 14.9. The number of carbonyl (C=O) groups excluding carboxylic acids is 1. The Balaban J connectivity index is 1.42. The molecule has 1 fully saturated rings. The normalized spacial score (nSPS) is 15.8. The van der Waals surface area contributed by atoms with Gasteiger partial charge in [0, 0.05) is 56.7 Å². The van der Waals surface area contributed by atoms with Gasteiger partial charge in [0.25, 0.3) is 0 Å². The number of anilines is 1. The Morgan fingerprint density at radius 3 is 2.69 bits per heavy atom. The van der Waals surface area contributed by atoms with Crippen LogP contribution in [0.15, 0.2) is 36.9 Å². The van der Waals surface area contributed by atoms with E-state index in [9.17, 15) is 4.79 Å². The second kappa shape index (κ2) is 9.02. The van der Waals surface area contributed by atoms with E-state index >= 15 is 0 Å². The van der Waals surface area contributed by atoms with Crippen molar-refractivity contribution in [2.75, 3.05) is 51.7 Å². The van der Waals surface area contributed by atoms with Crippen LogP contribution in [-0.4, -0.2) is 71.6 Å². The topological polar surface area (TPSA) is 62.6 Å². The Bertz CT molecular complexity index is 714. The predicted octanol–water partition coefficient (Wildman–Crippen LogP) is 1.80. The number of rotatable bonds is 7. The number of hydrogen-bond acceptors (Lipinski definition) is 5. The van der Waals surface area contributed by atoms with Crippen LogP contribution >= 0.6 is 11.6 Å². The molecule has 1 aliphatic rings. The van der Waals surface area contributed by atoms with Crippen molar-refractivity contribution >= 4 is 23.2 Å². The van der Waals surface area contributed by atoms with Crippen LogP contribution in [0.25, 0.3) is 0 Å². The summed E-state index contributed by atoms with van der Waals surface area (Å²) < 4.78 is 7.34.